The van der Waals surface area contributed by atoms with Crippen molar-refractivity contribution in [3.8, 4) is 0 Å². The summed E-state index contributed by atoms with van der Waals surface area (Å²) in [6.45, 7) is 5.13. The van der Waals surface area contributed by atoms with E-state index in [1.54, 1.807) is 6.92 Å². The van der Waals surface area contributed by atoms with Crippen LogP contribution in [0.4, 0.5) is 0 Å². The molecule has 1 heterocycles. The molecule has 1 aliphatic rings. The van der Waals surface area contributed by atoms with Gasteiger partial charge >= 0.3 is 0 Å². The molecule has 4 heteroatoms. The topological polar surface area (TPSA) is 64.5 Å². The fourth-order valence-corrected chi connectivity index (χ4v) is 1.92. The summed E-state index contributed by atoms with van der Waals surface area (Å²) in [6, 6.07) is 0.991. The molecule has 4 nitrogen and oxygen atoms in total. The van der Waals surface area contributed by atoms with Crippen molar-refractivity contribution in [3.63, 3.8) is 0 Å². The van der Waals surface area contributed by atoms with Gasteiger partial charge < -0.3 is 20.8 Å². The molecule has 0 amide bonds. The van der Waals surface area contributed by atoms with E-state index in [-0.39, 0.29) is 6.61 Å². The summed E-state index contributed by atoms with van der Waals surface area (Å²) < 4.78 is 0. The van der Waals surface area contributed by atoms with Crippen LogP contribution in [0, 0.1) is 0 Å². The van der Waals surface area contributed by atoms with Crippen molar-refractivity contribution < 1.29 is 10.2 Å². The van der Waals surface area contributed by atoms with Crippen molar-refractivity contribution in [1.82, 2.24) is 10.6 Å². The lowest BCUT2D eigenvalue weighted by Gasteiger charge is -2.25. The van der Waals surface area contributed by atoms with E-state index in [1.807, 2.05) is 0 Å². The molecule has 4 N–H and O–H groups in total. The summed E-state index contributed by atoms with van der Waals surface area (Å²) in [5, 5.41) is 25.2. The van der Waals surface area contributed by atoms with Gasteiger partial charge in [-0.25, -0.2) is 0 Å². The van der Waals surface area contributed by atoms with E-state index >= 15 is 0 Å². The molecular weight excluding hydrogens is 192 g/mol. The van der Waals surface area contributed by atoms with E-state index in [2.05, 4.69) is 17.6 Å². The second kappa shape index (κ2) is 5.80. The van der Waals surface area contributed by atoms with Gasteiger partial charge in [-0.2, -0.15) is 0 Å². The van der Waals surface area contributed by atoms with Crippen LogP contribution in [-0.4, -0.2) is 47.6 Å². The molecule has 3 atom stereocenters. The van der Waals surface area contributed by atoms with Gasteiger partial charge in [0.05, 0.1) is 12.2 Å². The number of hydrogen-bond donors (Lipinski definition) is 4. The Bertz CT molecular complexity index is 179. The third-order valence-corrected chi connectivity index (χ3v) is 2.97. The van der Waals surface area contributed by atoms with Gasteiger partial charge in [-0.1, -0.05) is 0 Å². The standard InChI is InChI=1S/C11H24N2O2/c1-9(6-10-4-3-5-12-10)13-7-11(2,15)8-14/h9-10,12-15H,3-8H2,1-2H3. The lowest BCUT2D eigenvalue weighted by molar-refractivity contribution is 0.000781. The second-order valence-corrected chi connectivity index (χ2v) is 4.97. The van der Waals surface area contributed by atoms with E-state index in [1.165, 1.54) is 12.8 Å². The first-order valence-electron chi connectivity index (χ1n) is 5.83. The maximum Gasteiger partial charge on any atom is 0.0972 e. The average molecular weight is 216 g/mol. The lowest BCUT2D eigenvalue weighted by Crippen LogP contribution is -2.45. The predicted octanol–water partition coefficient (Wildman–Crippen LogP) is -0.150. The van der Waals surface area contributed by atoms with Gasteiger partial charge in [0.25, 0.3) is 0 Å². The number of nitrogens with one attached hydrogen (secondary N) is 2. The van der Waals surface area contributed by atoms with Crippen molar-refractivity contribution in [2.24, 2.45) is 0 Å². The first-order valence-corrected chi connectivity index (χ1v) is 5.83. The predicted molar refractivity (Wildman–Crippen MR) is 60.8 cm³/mol. The maximum absolute atomic E-state index is 9.60. The van der Waals surface area contributed by atoms with Crippen molar-refractivity contribution >= 4 is 0 Å². The first kappa shape index (κ1) is 12.9. The Kier molecular flexibility index (Phi) is 4.99. The number of hydrogen-bond acceptors (Lipinski definition) is 4. The molecule has 0 radical (unpaired) electrons. The van der Waals surface area contributed by atoms with Crippen LogP contribution in [0.25, 0.3) is 0 Å². The molecule has 3 unspecified atom stereocenters. The summed E-state index contributed by atoms with van der Waals surface area (Å²) >= 11 is 0. The minimum atomic E-state index is -1.00. The van der Waals surface area contributed by atoms with Crippen LogP contribution in [0.3, 0.4) is 0 Å². The Morgan fingerprint density at radius 2 is 2.33 bits per heavy atom. The van der Waals surface area contributed by atoms with Crippen LogP contribution < -0.4 is 10.6 Å². The van der Waals surface area contributed by atoms with Gasteiger partial charge in [0.15, 0.2) is 0 Å². The van der Waals surface area contributed by atoms with E-state index in [4.69, 9.17) is 5.11 Å². The summed E-state index contributed by atoms with van der Waals surface area (Å²) in [6.07, 6.45) is 3.61. The van der Waals surface area contributed by atoms with Crippen LogP contribution in [0.5, 0.6) is 0 Å². The summed E-state index contributed by atoms with van der Waals surface area (Å²) in [4.78, 5) is 0. The average Bonchev–Trinajstić information content (AvgIpc) is 2.68. The molecule has 0 aromatic heterocycles. The molecule has 1 fully saturated rings. The fourth-order valence-electron chi connectivity index (χ4n) is 1.92. The maximum atomic E-state index is 9.60. The Morgan fingerprint density at radius 1 is 1.60 bits per heavy atom. The van der Waals surface area contributed by atoms with Gasteiger partial charge in [-0.15, -0.1) is 0 Å². The normalized spacial score (nSPS) is 27.6. The molecule has 0 aromatic carbocycles. The van der Waals surface area contributed by atoms with Crippen LogP contribution in [0.15, 0.2) is 0 Å². The molecule has 15 heavy (non-hydrogen) atoms. The van der Waals surface area contributed by atoms with E-state index in [9.17, 15) is 5.11 Å². The Balaban J connectivity index is 2.15. The van der Waals surface area contributed by atoms with Crippen LogP contribution in [0.2, 0.25) is 0 Å². The molecule has 0 aromatic rings. The number of aliphatic hydroxyl groups excluding tert-OH is 1. The third kappa shape index (κ3) is 4.93. The minimum absolute atomic E-state index is 0.200. The second-order valence-electron chi connectivity index (χ2n) is 4.97. The highest BCUT2D eigenvalue weighted by Crippen LogP contribution is 2.11. The van der Waals surface area contributed by atoms with Crippen molar-refractivity contribution in [1.29, 1.82) is 0 Å². The highest BCUT2D eigenvalue weighted by molar-refractivity contribution is 4.81. The summed E-state index contributed by atoms with van der Waals surface area (Å²) in [5.74, 6) is 0. The largest absolute Gasteiger partial charge is 0.393 e. The summed E-state index contributed by atoms with van der Waals surface area (Å²) in [5.41, 5.74) is -1.00. The molecule has 90 valence electrons. The molecule has 1 saturated heterocycles. The lowest BCUT2D eigenvalue weighted by atomic mass is 10.0. The zero-order valence-electron chi connectivity index (χ0n) is 9.79. The molecule has 0 spiro atoms. The molecule has 0 saturated carbocycles. The number of aliphatic hydroxyl groups is 2. The number of rotatable bonds is 6. The Labute approximate surface area is 92.1 Å². The van der Waals surface area contributed by atoms with Gasteiger partial charge in [0.1, 0.15) is 0 Å². The van der Waals surface area contributed by atoms with Gasteiger partial charge in [-0.3, -0.25) is 0 Å². The van der Waals surface area contributed by atoms with E-state index < -0.39 is 5.60 Å². The van der Waals surface area contributed by atoms with E-state index in [0.29, 0.717) is 18.6 Å². The first-order chi connectivity index (χ1) is 7.03. The van der Waals surface area contributed by atoms with Crippen LogP contribution in [-0.2, 0) is 0 Å². The van der Waals surface area contributed by atoms with Crippen LogP contribution >= 0.6 is 0 Å². The van der Waals surface area contributed by atoms with Crippen molar-refractivity contribution in [3.05, 3.63) is 0 Å². The molecule has 1 aliphatic heterocycles. The summed E-state index contributed by atoms with van der Waals surface area (Å²) in [7, 11) is 0. The Hall–Kier alpha value is -0.160. The molecule has 0 bridgehead atoms. The Morgan fingerprint density at radius 3 is 2.87 bits per heavy atom. The molecular formula is C11H24N2O2. The van der Waals surface area contributed by atoms with Gasteiger partial charge in [-0.05, 0) is 39.7 Å². The highest BCUT2D eigenvalue weighted by Gasteiger charge is 2.21. The SMILES string of the molecule is CC(CC1CCCN1)NCC(C)(O)CO. The zero-order chi connectivity index (χ0) is 11.3. The monoisotopic (exact) mass is 216 g/mol. The van der Waals surface area contributed by atoms with Crippen LogP contribution in [0.1, 0.15) is 33.1 Å². The quantitative estimate of drug-likeness (QED) is 0.498. The molecule has 0 aliphatic carbocycles. The minimum Gasteiger partial charge on any atom is -0.393 e. The van der Waals surface area contributed by atoms with Crippen molar-refractivity contribution in [2.45, 2.75) is 50.8 Å². The fraction of sp³-hybridized carbons (Fsp3) is 1.00. The smallest absolute Gasteiger partial charge is 0.0972 e. The third-order valence-electron chi connectivity index (χ3n) is 2.97. The molecule has 1 rings (SSSR count). The van der Waals surface area contributed by atoms with Gasteiger partial charge in [0.2, 0.25) is 0 Å². The zero-order valence-corrected chi connectivity index (χ0v) is 9.79. The van der Waals surface area contributed by atoms with Gasteiger partial charge in [0, 0.05) is 18.6 Å². The highest BCUT2D eigenvalue weighted by atomic mass is 16.3. The van der Waals surface area contributed by atoms with Crippen molar-refractivity contribution in [2.75, 3.05) is 19.7 Å². The van der Waals surface area contributed by atoms with E-state index in [0.717, 1.165) is 13.0 Å².